The second-order valence-electron chi connectivity index (χ2n) is 8.04. The Morgan fingerprint density at radius 1 is 1.13 bits per heavy atom. The fourth-order valence-electron chi connectivity index (χ4n) is 4.32. The second kappa shape index (κ2) is 10.1. The molecule has 2 aromatic rings. The maximum Gasteiger partial charge on any atom is 0.257 e. The fraction of sp³-hybridized carbons (Fsp3) is 0.478. The van der Waals surface area contributed by atoms with E-state index in [1.807, 2.05) is 6.07 Å². The van der Waals surface area contributed by atoms with Crippen molar-refractivity contribution >= 4 is 11.8 Å². The summed E-state index contributed by atoms with van der Waals surface area (Å²) in [5.41, 5.74) is 1.38. The molecule has 2 fully saturated rings. The Morgan fingerprint density at radius 3 is 2.58 bits per heavy atom. The molecule has 31 heavy (non-hydrogen) atoms. The first kappa shape index (κ1) is 21.5. The molecule has 1 atom stereocenters. The van der Waals surface area contributed by atoms with Gasteiger partial charge in [-0.15, -0.1) is 0 Å². The normalized spacial score (nSPS) is 19.2. The second-order valence-corrected chi connectivity index (χ2v) is 8.04. The van der Waals surface area contributed by atoms with Crippen molar-refractivity contribution in [3.8, 4) is 0 Å². The summed E-state index contributed by atoms with van der Waals surface area (Å²) in [6.45, 7) is 4.23. The average molecular weight is 429 g/mol. The van der Waals surface area contributed by atoms with Gasteiger partial charge in [-0.2, -0.15) is 0 Å². The number of hydrogen-bond donors (Lipinski definition) is 1. The number of nitrogens with one attached hydrogen (secondary N) is 1. The van der Waals surface area contributed by atoms with Crippen molar-refractivity contribution < 1.29 is 23.1 Å². The zero-order valence-electron chi connectivity index (χ0n) is 17.5. The van der Waals surface area contributed by atoms with E-state index in [1.165, 1.54) is 24.7 Å². The Balaban J connectivity index is 1.33. The molecule has 2 saturated heterocycles. The van der Waals surface area contributed by atoms with Crippen LogP contribution in [-0.2, 0) is 9.53 Å². The van der Waals surface area contributed by atoms with Gasteiger partial charge in [0.25, 0.3) is 5.91 Å². The molecule has 7 nitrogen and oxygen atoms in total. The molecule has 8 heteroatoms. The average Bonchev–Trinajstić information content (AvgIpc) is 3.34. The van der Waals surface area contributed by atoms with E-state index in [4.69, 9.17) is 9.15 Å². The predicted octanol–water partition coefficient (Wildman–Crippen LogP) is 2.46. The highest BCUT2D eigenvalue weighted by molar-refractivity contribution is 5.94. The van der Waals surface area contributed by atoms with Crippen LogP contribution in [0.25, 0.3) is 0 Å². The Morgan fingerprint density at radius 2 is 1.90 bits per heavy atom. The van der Waals surface area contributed by atoms with Crippen molar-refractivity contribution in [1.29, 1.82) is 0 Å². The van der Waals surface area contributed by atoms with E-state index in [1.54, 1.807) is 17.0 Å². The van der Waals surface area contributed by atoms with Gasteiger partial charge in [0.05, 0.1) is 31.1 Å². The van der Waals surface area contributed by atoms with E-state index in [0.29, 0.717) is 51.3 Å². The summed E-state index contributed by atoms with van der Waals surface area (Å²) in [6.07, 6.45) is 4.17. The van der Waals surface area contributed by atoms with Crippen LogP contribution in [0, 0.1) is 11.7 Å². The first-order valence-corrected chi connectivity index (χ1v) is 10.8. The van der Waals surface area contributed by atoms with Gasteiger partial charge in [0.2, 0.25) is 5.91 Å². The smallest absolute Gasteiger partial charge is 0.257 e. The Hall–Kier alpha value is -2.71. The zero-order valence-corrected chi connectivity index (χ0v) is 17.5. The van der Waals surface area contributed by atoms with Crippen LogP contribution in [0.1, 0.15) is 34.8 Å². The molecule has 1 aromatic heterocycles. The monoisotopic (exact) mass is 429 g/mol. The van der Waals surface area contributed by atoms with Crippen LogP contribution in [-0.4, -0.2) is 67.6 Å². The molecule has 0 saturated carbocycles. The van der Waals surface area contributed by atoms with Crippen molar-refractivity contribution in [3.63, 3.8) is 0 Å². The van der Waals surface area contributed by atoms with Crippen LogP contribution < -0.4 is 5.32 Å². The van der Waals surface area contributed by atoms with E-state index < -0.39 is 0 Å². The maximum absolute atomic E-state index is 13.8. The summed E-state index contributed by atoms with van der Waals surface area (Å²) in [5, 5.41) is 3.08. The van der Waals surface area contributed by atoms with Crippen LogP contribution in [0.15, 0.2) is 47.3 Å². The molecule has 166 valence electrons. The molecule has 2 aliphatic heterocycles. The van der Waals surface area contributed by atoms with Gasteiger partial charge < -0.3 is 19.4 Å². The number of rotatable bonds is 6. The van der Waals surface area contributed by atoms with Crippen molar-refractivity contribution in [2.24, 2.45) is 5.92 Å². The molecule has 2 aliphatic rings. The lowest BCUT2D eigenvalue weighted by molar-refractivity contribution is -0.126. The quantitative estimate of drug-likeness (QED) is 0.764. The van der Waals surface area contributed by atoms with Gasteiger partial charge in [0, 0.05) is 38.6 Å². The first-order valence-electron chi connectivity index (χ1n) is 10.8. The van der Waals surface area contributed by atoms with E-state index >= 15 is 0 Å². The summed E-state index contributed by atoms with van der Waals surface area (Å²) in [7, 11) is 0. The molecular formula is C23H28FN3O4. The number of amides is 2. The van der Waals surface area contributed by atoms with Crippen LogP contribution >= 0.6 is 0 Å². The van der Waals surface area contributed by atoms with Crippen molar-refractivity contribution in [3.05, 3.63) is 59.8 Å². The van der Waals surface area contributed by atoms with Gasteiger partial charge in [-0.25, -0.2) is 4.39 Å². The summed E-state index contributed by atoms with van der Waals surface area (Å²) in [5.74, 6) is -0.487. The number of furan rings is 1. The van der Waals surface area contributed by atoms with Gasteiger partial charge >= 0.3 is 0 Å². The Kier molecular flexibility index (Phi) is 6.99. The fourth-order valence-corrected chi connectivity index (χ4v) is 4.32. The van der Waals surface area contributed by atoms with E-state index in [-0.39, 0.29) is 29.6 Å². The van der Waals surface area contributed by atoms with Crippen molar-refractivity contribution in [2.75, 3.05) is 45.9 Å². The lowest BCUT2D eigenvalue weighted by Crippen LogP contribution is -2.46. The number of nitrogens with zero attached hydrogens (tertiary/aromatic N) is 2. The number of likely N-dealkylation sites (tertiary alicyclic amines) is 1. The highest BCUT2D eigenvalue weighted by atomic mass is 19.1. The number of ether oxygens (including phenoxy) is 1. The first-order chi connectivity index (χ1) is 15.1. The number of hydrogen-bond acceptors (Lipinski definition) is 5. The number of carbonyl (C=O) groups is 2. The van der Waals surface area contributed by atoms with E-state index in [0.717, 1.165) is 18.7 Å². The zero-order chi connectivity index (χ0) is 21.6. The number of piperidine rings is 1. The van der Waals surface area contributed by atoms with Crippen molar-refractivity contribution in [2.45, 2.75) is 18.9 Å². The third-order valence-corrected chi connectivity index (χ3v) is 6.11. The van der Waals surface area contributed by atoms with E-state index in [9.17, 15) is 14.0 Å². The van der Waals surface area contributed by atoms with Crippen LogP contribution in [0.3, 0.4) is 0 Å². The number of carbonyl (C=O) groups excluding carboxylic acids is 2. The molecule has 1 aromatic carbocycles. The Labute approximate surface area is 181 Å². The maximum atomic E-state index is 13.8. The molecule has 4 rings (SSSR count). The number of benzene rings is 1. The van der Waals surface area contributed by atoms with Crippen LogP contribution in [0.2, 0.25) is 0 Å². The summed E-state index contributed by atoms with van der Waals surface area (Å²) < 4.78 is 24.3. The largest absolute Gasteiger partial charge is 0.472 e. The lowest BCUT2D eigenvalue weighted by atomic mass is 9.95. The molecule has 0 bridgehead atoms. The van der Waals surface area contributed by atoms with Crippen LogP contribution in [0.4, 0.5) is 4.39 Å². The summed E-state index contributed by atoms with van der Waals surface area (Å²) in [4.78, 5) is 29.3. The lowest BCUT2D eigenvalue weighted by Gasteiger charge is -2.36. The highest BCUT2D eigenvalue weighted by Crippen LogP contribution is 2.24. The van der Waals surface area contributed by atoms with Gasteiger partial charge in [-0.1, -0.05) is 12.1 Å². The molecule has 2 amide bonds. The van der Waals surface area contributed by atoms with Gasteiger partial charge in [0.15, 0.2) is 0 Å². The molecule has 1 N–H and O–H groups in total. The summed E-state index contributed by atoms with van der Waals surface area (Å²) >= 11 is 0. The minimum atomic E-state index is -0.281. The summed E-state index contributed by atoms with van der Waals surface area (Å²) in [6, 6.07) is 8.11. The van der Waals surface area contributed by atoms with E-state index in [2.05, 4.69) is 10.2 Å². The predicted molar refractivity (Wildman–Crippen MR) is 112 cm³/mol. The molecule has 0 radical (unpaired) electrons. The number of morpholine rings is 1. The minimum Gasteiger partial charge on any atom is -0.472 e. The van der Waals surface area contributed by atoms with Crippen LogP contribution in [0.5, 0.6) is 0 Å². The molecule has 1 unspecified atom stereocenters. The van der Waals surface area contributed by atoms with Crippen molar-refractivity contribution in [1.82, 2.24) is 15.1 Å². The topological polar surface area (TPSA) is 75.0 Å². The minimum absolute atomic E-state index is 0.00919. The van der Waals surface area contributed by atoms with Gasteiger partial charge in [-0.3, -0.25) is 14.5 Å². The number of halogens is 1. The third-order valence-electron chi connectivity index (χ3n) is 6.11. The Bertz CT molecular complexity index is 875. The van der Waals surface area contributed by atoms with Gasteiger partial charge in [-0.05, 0) is 36.6 Å². The molecule has 0 aliphatic carbocycles. The third kappa shape index (κ3) is 5.32. The standard InChI is InChI=1S/C23H28FN3O4/c24-20-3-1-2-18(14-20)21(26-9-12-30-13-10-26)15-25-22(28)17-4-7-27(8-5-17)23(29)19-6-11-31-16-19/h1-3,6,11,14,16-17,21H,4-5,7-10,12-13,15H2,(H,25,28). The molecule has 3 heterocycles. The molecule has 0 spiro atoms. The SMILES string of the molecule is O=C(NCC(c1cccc(F)c1)N1CCOCC1)C1CCN(C(=O)c2ccoc2)CC1. The van der Waals surface area contributed by atoms with Gasteiger partial charge in [0.1, 0.15) is 12.1 Å². The highest BCUT2D eigenvalue weighted by Gasteiger charge is 2.29. The molecular weight excluding hydrogens is 401 g/mol.